The molecule has 0 aliphatic carbocycles. The number of carbonyl (C=O) groups excluding carboxylic acids is 1. The van der Waals surface area contributed by atoms with Crippen LogP contribution in [0.2, 0.25) is 10.0 Å². The van der Waals surface area contributed by atoms with Crippen molar-refractivity contribution < 1.29 is 13.9 Å². The molecule has 9 heteroatoms. The summed E-state index contributed by atoms with van der Waals surface area (Å²) in [4.78, 5) is 17.3. The summed E-state index contributed by atoms with van der Waals surface area (Å²) in [5.74, 6) is -0.230. The van der Waals surface area contributed by atoms with Crippen molar-refractivity contribution >= 4 is 57.0 Å². The van der Waals surface area contributed by atoms with Gasteiger partial charge in [-0.2, -0.15) is 0 Å². The highest BCUT2D eigenvalue weighted by atomic mass is 35.5. The molecular formula is C21H16Cl2FN3O2S. The third kappa shape index (κ3) is 3.76. The Morgan fingerprint density at radius 2 is 2.07 bits per heavy atom. The van der Waals surface area contributed by atoms with Crippen molar-refractivity contribution in [2.75, 3.05) is 12.4 Å². The number of esters is 1. The Balaban J connectivity index is 1.95. The number of aromatic nitrogens is 2. The molecule has 1 N–H and O–H groups in total. The average molecular weight is 464 g/mol. The summed E-state index contributed by atoms with van der Waals surface area (Å²) >= 11 is 14.1. The Labute approximate surface area is 186 Å². The molecule has 0 unspecified atom stereocenters. The number of hydrogen-bond donors (Lipinski definition) is 1. The van der Waals surface area contributed by atoms with Gasteiger partial charge in [-0.3, -0.25) is 9.20 Å². The molecule has 154 valence electrons. The molecule has 0 saturated carbocycles. The molecule has 0 aliphatic rings. The summed E-state index contributed by atoms with van der Waals surface area (Å²) in [6, 6.07) is 9.72. The van der Waals surface area contributed by atoms with Crippen molar-refractivity contribution in [2.24, 2.45) is 0 Å². The van der Waals surface area contributed by atoms with E-state index < -0.39 is 5.82 Å². The number of nitrogens with zero attached hydrogens (tertiary/aromatic N) is 2. The van der Waals surface area contributed by atoms with Gasteiger partial charge in [-0.1, -0.05) is 35.3 Å². The third-order valence-electron chi connectivity index (χ3n) is 4.64. The van der Waals surface area contributed by atoms with Crippen LogP contribution in [0.4, 0.5) is 15.9 Å². The molecular weight excluding hydrogens is 448 g/mol. The molecule has 0 atom stereocenters. The predicted molar refractivity (Wildman–Crippen MR) is 119 cm³/mol. The number of nitrogens with one attached hydrogen (secondary N) is 1. The lowest BCUT2D eigenvalue weighted by Gasteiger charge is -2.14. The third-order valence-corrected chi connectivity index (χ3v) is 6.14. The Morgan fingerprint density at radius 3 is 2.77 bits per heavy atom. The number of ether oxygens (including phenoxy) is 1. The Bertz CT molecular complexity index is 1250. The Morgan fingerprint density at radius 1 is 1.27 bits per heavy atom. The van der Waals surface area contributed by atoms with E-state index in [-0.39, 0.29) is 17.4 Å². The number of para-hydroxylation sites is 1. The van der Waals surface area contributed by atoms with Crippen molar-refractivity contribution in [1.29, 1.82) is 0 Å². The lowest BCUT2D eigenvalue weighted by atomic mass is 10.1. The smallest absolute Gasteiger partial charge is 0.311 e. The second-order valence-electron chi connectivity index (χ2n) is 6.59. The van der Waals surface area contributed by atoms with Crippen LogP contribution >= 0.6 is 34.5 Å². The van der Waals surface area contributed by atoms with Gasteiger partial charge >= 0.3 is 5.97 Å². The van der Waals surface area contributed by atoms with E-state index >= 15 is 0 Å². The summed E-state index contributed by atoms with van der Waals surface area (Å²) in [5, 5.41) is 5.97. The molecule has 0 amide bonds. The first kappa shape index (κ1) is 20.7. The molecule has 5 nitrogen and oxygen atoms in total. The average Bonchev–Trinajstić information content (AvgIpc) is 3.25. The Kier molecular flexibility index (Phi) is 5.69. The maximum absolute atomic E-state index is 13.6. The molecule has 2 aromatic carbocycles. The zero-order valence-corrected chi connectivity index (χ0v) is 18.3. The van der Waals surface area contributed by atoms with E-state index in [4.69, 9.17) is 32.9 Å². The predicted octanol–water partition coefficient (Wildman–Crippen LogP) is 6.28. The highest BCUT2D eigenvalue weighted by Gasteiger charge is 2.22. The maximum atomic E-state index is 13.6. The number of fused-ring (bicyclic) bond motifs is 1. The SMILES string of the molecule is COC(=O)Cc1csc2nc(-c3ccc(F)cc3Cl)c(Nc3c(C)cccc3Cl)n12. The standard InChI is InChI=1S/C21H16Cl2FN3O2S/c1-11-4-3-5-15(22)18(11)25-20-19(14-7-6-12(24)8-16(14)23)26-21-27(20)13(10-30-21)9-17(28)29-2/h3-8,10,25H,9H2,1-2H3. The molecule has 0 spiro atoms. The first-order chi connectivity index (χ1) is 14.4. The monoisotopic (exact) mass is 463 g/mol. The van der Waals surface area contributed by atoms with Crippen LogP contribution in [0, 0.1) is 12.7 Å². The molecule has 4 rings (SSSR count). The van der Waals surface area contributed by atoms with E-state index in [2.05, 4.69) is 5.32 Å². The van der Waals surface area contributed by atoms with E-state index in [9.17, 15) is 9.18 Å². The summed E-state index contributed by atoms with van der Waals surface area (Å²) in [6.07, 6.45) is 0.0691. The van der Waals surface area contributed by atoms with Crippen molar-refractivity contribution in [1.82, 2.24) is 9.38 Å². The van der Waals surface area contributed by atoms with Gasteiger partial charge < -0.3 is 10.1 Å². The molecule has 0 saturated heterocycles. The normalized spacial score (nSPS) is 11.1. The van der Waals surface area contributed by atoms with Gasteiger partial charge in [-0.05, 0) is 36.8 Å². The fourth-order valence-corrected chi connectivity index (χ4v) is 4.57. The fourth-order valence-electron chi connectivity index (χ4n) is 3.15. The highest BCUT2D eigenvalue weighted by molar-refractivity contribution is 7.15. The molecule has 0 radical (unpaired) electrons. The lowest BCUT2D eigenvalue weighted by Crippen LogP contribution is -2.08. The van der Waals surface area contributed by atoms with Gasteiger partial charge in [0.15, 0.2) is 4.96 Å². The van der Waals surface area contributed by atoms with Gasteiger partial charge in [0.05, 0.1) is 29.3 Å². The number of benzene rings is 2. The van der Waals surface area contributed by atoms with Crippen LogP contribution in [-0.4, -0.2) is 22.5 Å². The van der Waals surface area contributed by atoms with Crippen LogP contribution in [0.25, 0.3) is 16.2 Å². The van der Waals surface area contributed by atoms with Crippen LogP contribution in [0.1, 0.15) is 11.3 Å². The number of rotatable bonds is 5. The van der Waals surface area contributed by atoms with Crippen LogP contribution in [0.15, 0.2) is 41.8 Å². The number of anilines is 2. The zero-order chi connectivity index (χ0) is 21.4. The van der Waals surface area contributed by atoms with Crippen molar-refractivity contribution in [3.8, 4) is 11.3 Å². The minimum Gasteiger partial charge on any atom is -0.469 e. The van der Waals surface area contributed by atoms with Crippen molar-refractivity contribution in [3.63, 3.8) is 0 Å². The summed E-state index contributed by atoms with van der Waals surface area (Å²) in [5.41, 5.74) is 3.42. The van der Waals surface area contributed by atoms with Gasteiger partial charge in [-0.15, -0.1) is 11.3 Å². The first-order valence-electron chi connectivity index (χ1n) is 8.92. The second kappa shape index (κ2) is 8.26. The van der Waals surface area contributed by atoms with Gasteiger partial charge in [0.25, 0.3) is 0 Å². The van der Waals surface area contributed by atoms with Crippen LogP contribution in [-0.2, 0) is 16.0 Å². The minimum absolute atomic E-state index is 0.0691. The summed E-state index contributed by atoms with van der Waals surface area (Å²) in [6.45, 7) is 1.93. The quantitative estimate of drug-likeness (QED) is 0.354. The van der Waals surface area contributed by atoms with Crippen molar-refractivity contribution in [3.05, 3.63) is 68.9 Å². The van der Waals surface area contributed by atoms with Crippen LogP contribution < -0.4 is 5.32 Å². The van der Waals surface area contributed by atoms with Gasteiger partial charge in [0.2, 0.25) is 0 Å². The van der Waals surface area contributed by atoms with E-state index in [1.807, 2.05) is 28.8 Å². The number of methoxy groups -OCH3 is 1. The van der Waals surface area contributed by atoms with Crippen LogP contribution in [0.3, 0.4) is 0 Å². The van der Waals surface area contributed by atoms with Crippen LogP contribution in [0.5, 0.6) is 0 Å². The molecule has 0 fully saturated rings. The zero-order valence-electron chi connectivity index (χ0n) is 16.0. The molecule has 2 aromatic heterocycles. The maximum Gasteiger partial charge on any atom is 0.311 e. The number of hydrogen-bond acceptors (Lipinski definition) is 5. The lowest BCUT2D eigenvalue weighted by molar-refractivity contribution is -0.139. The van der Waals surface area contributed by atoms with E-state index in [0.29, 0.717) is 38.4 Å². The topological polar surface area (TPSA) is 55.6 Å². The van der Waals surface area contributed by atoms with Gasteiger partial charge in [0, 0.05) is 16.6 Å². The van der Waals surface area contributed by atoms with E-state index in [1.165, 1.54) is 30.6 Å². The van der Waals surface area contributed by atoms with Crippen molar-refractivity contribution in [2.45, 2.75) is 13.3 Å². The summed E-state index contributed by atoms with van der Waals surface area (Å²) < 4.78 is 20.3. The van der Waals surface area contributed by atoms with E-state index in [0.717, 1.165) is 5.56 Å². The van der Waals surface area contributed by atoms with Gasteiger partial charge in [-0.25, -0.2) is 9.37 Å². The highest BCUT2D eigenvalue weighted by Crippen LogP contribution is 2.39. The number of aryl methyl sites for hydroxylation is 1. The summed E-state index contributed by atoms with van der Waals surface area (Å²) in [7, 11) is 1.34. The Hall–Kier alpha value is -2.61. The molecule has 30 heavy (non-hydrogen) atoms. The largest absolute Gasteiger partial charge is 0.469 e. The number of imidazole rings is 1. The van der Waals surface area contributed by atoms with E-state index in [1.54, 1.807) is 12.1 Å². The number of carbonyl (C=O) groups is 1. The molecule has 4 aromatic rings. The molecule has 0 bridgehead atoms. The molecule has 0 aliphatic heterocycles. The molecule has 2 heterocycles. The fraction of sp³-hybridized carbons (Fsp3) is 0.143. The number of halogens is 3. The number of thiazole rings is 1. The van der Waals surface area contributed by atoms with Gasteiger partial charge in [0.1, 0.15) is 17.3 Å². The second-order valence-corrected chi connectivity index (χ2v) is 8.24. The minimum atomic E-state index is -0.437. The first-order valence-corrected chi connectivity index (χ1v) is 10.6.